The summed E-state index contributed by atoms with van der Waals surface area (Å²) in [5.74, 6) is 1.03. The van der Waals surface area contributed by atoms with E-state index >= 15 is 0 Å². The third-order valence-electron chi connectivity index (χ3n) is 5.39. The average Bonchev–Trinajstić information content (AvgIpc) is 2.83. The van der Waals surface area contributed by atoms with Crippen LogP contribution in [0.5, 0.6) is 5.75 Å². The third-order valence-corrected chi connectivity index (χ3v) is 13.6. The molecule has 1 aliphatic rings. The van der Waals surface area contributed by atoms with Crippen LogP contribution < -0.4 is 8.51 Å². The molecule has 1 aromatic carbocycles. The van der Waals surface area contributed by atoms with E-state index in [2.05, 4.69) is 82.9 Å². The van der Waals surface area contributed by atoms with Gasteiger partial charge in [0.2, 0.25) is 0 Å². The Morgan fingerprint density at radius 1 is 1.13 bits per heavy atom. The van der Waals surface area contributed by atoms with Gasteiger partial charge in [0.1, 0.15) is 0 Å². The van der Waals surface area contributed by atoms with E-state index in [9.17, 15) is 0 Å². The first-order valence-corrected chi connectivity index (χ1v) is 13.9. The zero-order valence-corrected chi connectivity index (χ0v) is 18.3. The molecule has 23 heavy (non-hydrogen) atoms. The van der Waals surface area contributed by atoms with Crippen LogP contribution >= 0.6 is 0 Å². The summed E-state index contributed by atoms with van der Waals surface area (Å²) in [6.07, 6.45) is 5.46. The Kier molecular flexibility index (Phi) is 5.40. The van der Waals surface area contributed by atoms with Crippen molar-refractivity contribution in [2.75, 3.05) is 0 Å². The molecule has 0 saturated carbocycles. The minimum absolute atomic E-state index is 0.329. The number of aryl methyl sites for hydroxylation is 1. The first kappa shape index (κ1) is 18.6. The molecular weight excluding hydrogens is 332 g/mol. The summed E-state index contributed by atoms with van der Waals surface area (Å²) in [7, 11) is -1.55. The molecule has 2 rings (SSSR count). The van der Waals surface area contributed by atoms with Gasteiger partial charge in [-0.3, -0.25) is 0 Å². The van der Waals surface area contributed by atoms with Crippen molar-refractivity contribution in [1.29, 1.82) is 0 Å². The van der Waals surface area contributed by atoms with Gasteiger partial charge in [0, 0.05) is 0 Å². The maximum absolute atomic E-state index is 6.38. The third kappa shape index (κ3) is 4.04. The summed E-state index contributed by atoms with van der Waals surface area (Å²) in [5, 5.41) is 1.82. The summed E-state index contributed by atoms with van der Waals surface area (Å²) >= 11 is -1.89. The first-order valence-electron chi connectivity index (χ1n) is 8.38. The molecule has 0 bridgehead atoms. The van der Waals surface area contributed by atoms with Gasteiger partial charge in [-0.05, 0) is 0 Å². The predicted molar refractivity (Wildman–Crippen MR) is 102 cm³/mol. The molecule has 1 nitrogen and oxygen atoms in total. The van der Waals surface area contributed by atoms with E-state index in [1.54, 1.807) is 0 Å². The van der Waals surface area contributed by atoms with Gasteiger partial charge in [0.25, 0.3) is 0 Å². The molecule has 0 unspecified atom stereocenters. The Balaban J connectivity index is 2.32. The second kappa shape index (κ2) is 6.66. The topological polar surface area (TPSA) is 9.23 Å². The fourth-order valence-electron chi connectivity index (χ4n) is 2.75. The number of hydrogen-bond donors (Lipinski definition) is 0. The molecule has 0 radical (unpaired) electrons. The van der Waals surface area contributed by atoms with Gasteiger partial charge < -0.3 is 0 Å². The van der Waals surface area contributed by atoms with E-state index in [0.717, 1.165) is 12.2 Å². The molecule has 0 aliphatic heterocycles. The molecule has 0 saturated heterocycles. The summed E-state index contributed by atoms with van der Waals surface area (Å²) in [6.45, 7) is 16.4. The zero-order chi connectivity index (χ0) is 17.4. The number of benzene rings is 1. The predicted octanol–water partition coefficient (Wildman–Crippen LogP) is 5.29. The molecular formula is C20H30OSiTi. The summed E-state index contributed by atoms with van der Waals surface area (Å²) in [6, 6.07) is 6.82. The van der Waals surface area contributed by atoms with Gasteiger partial charge >= 0.3 is 149 Å². The van der Waals surface area contributed by atoms with E-state index in [4.69, 9.17) is 3.32 Å². The fraction of sp³-hybridized carbons (Fsp3) is 0.450. The zero-order valence-electron chi connectivity index (χ0n) is 15.7. The van der Waals surface area contributed by atoms with Crippen LogP contribution in [0.3, 0.4) is 0 Å². The van der Waals surface area contributed by atoms with Crippen LogP contribution in [-0.2, 0) is 17.8 Å². The molecule has 1 aromatic rings. The van der Waals surface area contributed by atoms with Crippen LogP contribution in [-0.4, -0.2) is 12.9 Å². The molecule has 0 atom stereocenters. The van der Waals surface area contributed by atoms with Crippen LogP contribution in [0.15, 0.2) is 39.8 Å². The molecule has 0 aromatic heterocycles. The van der Waals surface area contributed by atoms with E-state index < -0.39 is 25.9 Å². The van der Waals surface area contributed by atoms with Gasteiger partial charge in [-0.15, -0.1) is 0 Å². The first-order chi connectivity index (χ1) is 10.5. The molecule has 0 spiro atoms. The van der Waals surface area contributed by atoms with Gasteiger partial charge in [-0.2, -0.15) is 0 Å². The van der Waals surface area contributed by atoms with Gasteiger partial charge in [0.15, 0.2) is 0 Å². The van der Waals surface area contributed by atoms with Crippen molar-refractivity contribution in [3.63, 3.8) is 0 Å². The maximum atomic E-state index is 6.38. The van der Waals surface area contributed by atoms with Crippen molar-refractivity contribution in [2.24, 2.45) is 0 Å². The second-order valence-electron chi connectivity index (χ2n) is 8.20. The van der Waals surface area contributed by atoms with E-state index in [0.29, 0.717) is 5.04 Å². The van der Waals surface area contributed by atoms with Crippen molar-refractivity contribution in [2.45, 2.75) is 59.2 Å². The molecule has 0 N–H and O–H groups in total. The molecule has 0 amide bonds. The molecule has 0 heterocycles. The summed E-state index contributed by atoms with van der Waals surface area (Å²) < 4.78 is 7.84. The van der Waals surface area contributed by atoms with Crippen molar-refractivity contribution in [1.82, 2.24) is 0 Å². The van der Waals surface area contributed by atoms with Crippen molar-refractivity contribution in [3.8, 4) is 5.75 Å². The van der Waals surface area contributed by atoms with Crippen LogP contribution in [0.25, 0.3) is 0 Å². The van der Waals surface area contributed by atoms with Crippen molar-refractivity contribution >= 4 is 18.1 Å². The Bertz CT molecular complexity index is 690. The normalized spacial score (nSPS) is 15.3. The fourth-order valence-corrected chi connectivity index (χ4v) is 6.89. The Labute approximate surface area is 149 Å². The van der Waals surface area contributed by atoms with Crippen molar-refractivity contribution < 1.29 is 21.1 Å². The monoisotopic (exact) mass is 362 g/mol. The second-order valence-corrected chi connectivity index (χ2v) is 16.1. The van der Waals surface area contributed by atoms with E-state index in [-0.39, 0.29) is 0 Å². The standard InChI is InChI=1S/C13H22OSi.C6H7.CH2.Ti/c1-10-7-11(14)9-12(8-10)15(5,6)13(2,3)4;1-6-4-2-3-5-6;;/h7-9,14H,1-6H3;2,4H,3H2,1H3;1H2;/q;;;+1/p-1. The van der Waals surface area contributed by atoms with Crippen LogP contribution in [0, 0.1) is 6.92 Å². The number of allylic oxidation sites excluding steroid dienone is 4. The van der Waals surface area contributed by atoms with E-state index in [1.807, 2.05) is 0 Å². The number of hydrogen-bond acceptors (Lipinski definition) is 1. The van der Waals surface area contributed by atoms with Gasteiger partial charge in [0.05, 0.1) is 0 Å². The SMILES string of the molecule is [CH2]=[Ti]([O]c1cc(C)cc([Si](C)(C)C(C)(C)C)c1)[C]1=C(C)C=CC1. The molecule has 1 aliphatic carbocycles. The Hall–Kier alpha value is -0.699. The summed E-state index contributed by atoms with van der Waals surface area (Å²) in [5.41, 5.74) is 2.66. The van der Waals surface area contributed by atoms with Crippen LogP contribution in [0.4, 0.5) is 0 Å². The molecule has 3 heteroatoms. The number of rotatable bonds is 4. The average molecular weight is 362 g/mol. The summed E-state index contributed by atoms with van der Waals surface area (Å²) in [4.78, 5) is 4.39. The van der Waals surface area contributed by atoms with Crippen molar-refractivity contribution in [3.05, 3.63) is 45.4 Å². The minimum atomic E-state index is -1.89. The quantitative estimate of drug-likeness (QED) is 0.662. The van der Waals surface area contributed by atoms with Gasteiger partial charge in [-0.25, -0.2) is 0 Å². The van der Waals surface area contributed by atoms with Crippen LogP contribution in [0.1, 0.15) is 39.7 Å². The Morgan fingerprint density at radius 3 is 2.30 bits per heavy atom. The van der Waals surface area contributed by atoms with Crippen LogP contribution in [0.2, 0.25) is 18.1 Å². The van der Waals surface area contributed by atoms with E-state index in [1.165, 1.54) is 20.2 Å². The molecule has 124 valence electrons. The van der Waals surface area contributed by atoms with Gasteiger partial charge in [-0.1, -0.05) is 0 Å². The molecule has 0 fully saturated rings. The Morgan fingerprint density at radius 2 is 1.78 bits per heavy atom.